The van der Waals surface area contributed by atoms with Crippen LogP contribution in [0.15, 0.2) is 72.8 Å². The van der Waals surface area contributed by atoms with Crippen LogP contribution in [-0.2, 0) is 6.61 Å². The van der Waals surface area contributed by atoms with E-state index >= 15 is 0 Å². The molecule has 6 rings (SSSR count). The van der Waals surface area contributed by atoms with Gasteiger partial charge in [-0.1, -0.05) is 85.7 Å². The summed E-state index contributed by atoms with van der Waals surface area (Å²) < 4.78 is 0. The molecule has 0 bridgehead atoms. The number of hydrogen-bond donors (Lipinski definition) is 1. The van der Waals surface area contributed by atoms with Crippen molar-refractivity contribution in [2.24, 2.45) is 5.92 Å². The second-order valence-corrected chi connectivity index (χ2v) is 9.28. The lowest BCUT2D eigenvalue weighted by molar-refractivity contribution is 0.283. The van der Waals surface area contributed by atoms with Gasteiger partial charge in [-0.3, -0.25) is 0 Å². The van der Waals surface area contributed by atoms with E-state index in [1.165, 1.54) is 64.5 Å². The van der Waals surface area contributed by atoms with Crippen molar-refractivity contribution in [3.63, 3.8) is 0 Å². The number of aliphatic hydroxyl groups excluding tert-OH is 1. The van der Waals surface area contributed by atoms with Crippen molar-refractivity contribution in [2.45, 2.75) is 44.6 Å². The summed E-state index contributed by atoms with van der Waals surface area (Å²) in [7, 11) is 0. The number of aliphatic hydroxyl groups is 1. The van der Waals surface area contributed by atoms with Crippen molar-refractivity contribution >= 4 is 28.0 Å². The minimum absolute atomic E-state index is 0.0748. The van der Waals surface area contributed by atoms with Gasteiger partial charge in [-0.25, -0.2) is 0 Å². The Kier molecular flexibility index (Phi) is 4.65. The second-order valence-electron chi connectivity index (χ2n) is 9.28. The Morgan fingerprint density at radius 1 is 0.903 bits per heavy atom. The SMILES string of the molecule is OCc1ccc(C2=CCC(c3ccc4c(c3)C=CC4C3CCCC3)=C2)c2ccccc12. The molecule has 0 saturated heterocycles. The molecule has 3 aromatic rings. The quantitative estimate of drug-likeness (QED) is 0.477. The van der Waals surface area contributed by atoms with Crippen LogP contribution in [0.1, 0.15) is 65.8 Å². The Balaban J connectivity index is 1.32. The summed E-state index contributed by atoms with van der Waals surface area (Å²) in [4.78, 5) is 0. The molecule has 1 heteroatoms. The molecule has 0 aliphatic heterocycles. The van der Waals surface area contributed by atoms with Gasteiger partial charge in [-0.15, -0.1) is 0 Å². The summed E-state index contributed by atoms with van der Waals surface area (Å²) in [5.74, 6) is 1.48. The van der Waals surface area contributed by atoms with Crippen LogP contribution in [0.4, 0.5) is 0 Å². The molecule has 1 atom stereocenters. The fraction of sp³-hybridized carbons (Fsp3) is 0.267. The van der Waals surface area contributed by atoms with Crippen LogP contribution in [-0.4, -0.2) is 5.11 Å². The largest absolute Gasteiger partial charge is 0.392 e. The molecule has 0 heterocycles. The van der Waals surface area contributed by atoms with E-state index in [0.717, 1.165) is 23.3 Å². The molecule has 1 saturated carbocycles. The third-order valence-corrected chi connectivity index (χ3v) is 7.57. The first-order valence-corrected chi connectivity index (χ1v) is 11.7. The zero-order valence-corrected chi connectivity index (χ0v) is 17.9. The second kappa shape index (κ2) is 7.66. The molecule has 1 unspecified atom stereocenters. The average molecular weight is 405 g/mol. The van der Waals surface area contributed by atoms with E-state index in [1.807, 2.05) is 6.07 Å². The molecule has 0 aromatic heterocycles. The minimum atomic E-state index is 0.0748. The molecule has 154 valence electrons. The predicted molar refractivity (Wildman–Crippen MR) is 131 cm³/mol. The maximum absolute atomic E-state index is 9.72. The first kappa shape index (κ1) is 18.8. The lowest BCUT2D eigenvalue weighted by Gasteiger charge is -2.18. The maximum atomic E-state index is 9.72. The Morgan fingerprint density at radius 3 is 2.58 bits per heavy atom. The van der Waals surface area contributed by atoms with Crippen LogP contribution < -0.4 is 0 Å². The van der Waals surface area contributed by atoms with E-state index in [1.54, 1.807) is 0 Å². The number of rotatable bonds is 4. The van der Waals surface area contributed by atoms with Crippen LogP contribution in [0.5, 0.6) is 0 Å². The minimum Gasteiger partial charge on any atom is -0.392 e. The summed E-state index contributed by atoms with van der Waals surface area (Å²) in [6, 6.07) is 19.8. The fourth-order valence-electron chi connectivity index (χ4n) is 5.93. The molecule has 3 aliphatic rings. The molecule has 31 heavy (non-hydrogen) atoms. The highest BCUT2D eigenvalue weighted by atomic mass is 16.3. The number of benzene rings is 3. The molecule has 1 nitrogen and oxygen atoms in total. The molecular formula is C30H28O. The highest BCUT2D eigenvalue weighted by molar-refractivity contribution is 6.01. The van der Waals surface area contributed by atoms with Crippen molar-refractivity contribution < 1.29 is 5.11 Å². The molecule has 3 aliphatic carbocycles. The summed E-state index contributed by atoms with van der Waals surface area (Å²) in [5, 5.41) is 12.1. The van der Waals surface area contributed by atoms with Gasteiger partial charge in [0.1, 0.15) is 0 Å². The molecule has 0 radical (unpaired) electrons. The van der Waals surface area contributed by atoms with Crippen LogP contribution in [0.25, 0.3) is 28.0 Å². The van der Waals surface area contributed by atoms with Crippen molar-refractivity contribution in [1.82, 2.24) is 0 Å². The Bertz CT molecular complexity index is 1250. The van der Waals surface area contributed by atoms with E-state index in [9.17, 15) is 5.11 Å². The van der Waals surface area contributed by atoms with E-state index in [0.29, 0.717) is 5.92 Å². The normalized spacial score (nSPS) is 20.4. The number of fused-ring (bicyclic) bond motifs is 2. The number of allylic oxidation sites excluding steroid dienone is 5. The van der Waals surface area contributed by atoms with Crippen LogP contribution in [0.3, 0.4) is 0 Å². The summed E-state index contributed by atoms with van der Waals surface area (Å²) in [5.41, 5.74) is 9.23. The van der Waals surface area contributed by atoms with Gasteiger partial charge in [0.15, 0.2) is 0 Å². The van der Waals surface area contributed by atoms with Gasteiger partial charge >= 0.3 is 0 Å². The summed E-state index contributed by atoms with van der Waals surface area (Å²) in [6.07, 6.45) is 16.1. The molecule has 3 aromatic carbocycles. The molecule has 0 amide bonds. The van der Waals surface area contributed by atoms with Gasteiger partial charge in [0.05, 0.1) is 6.61 Å². The van der Waals surface area contributed by atoms with Crippen molar-refractivity contribution in [1.29, 1.82) is 0 Å². The predicted octanol–water partition coefficient (Wildman–Crippen LogP) is 7.50. The summed E-state index contributed by atoms with van der Waals surface area (Å²) in [6.45, 7) is 0.0748. The number of hydrogen-bond acceptors (Lipinski definition) is 1. The van der Waals surface area contributed by atoms with Gasteiger partial charge in [-0.2, -0.15) is 0 Å². The van der Waals surface area contributed by atoms with Gasteiger partial charge in [0.25, 0.3) is 0 Å². The van der Waals surface area contributed by atoms with Gasteiger partial charge in [-0.05, 0) is 81.0 Å². The standard InChI is InChI=1S/C30H28O/c31-19-25-13-16-29(30-8-4-3-7-26(25)30)23-10-9-21(17-23)22-11-14-28-24(18-22)12-15-27(28)20-5-1-2-6-20/h3-4,7-8,10-18,20,27,31H,1-2,5-6,9,19H2. The first-order valence-electron chi connectivity index (χ1n) is 11.7. The fourth-order valence-corrected chi connectivity index (χ4v) is 5.93. The Labute approximate surface area is 184 Å². The lowest BCUT2D eigenvalue weighted by Crippen LogP contribution is -2.05. The zero-order valence-electron chi connectivity index (χ0n) is 17.9. The van der Waals surface area contributed by atoms with E-state index in [-0.39, 0.29) is 6.61 Å². The highest BCUT2D eigenvalue weighted by Crippen LogP contribution is 2.44. The van der Waals surface area contributed by atoms with Gasteiger partial charge in [0, 0.05) is 5.92 Å². The van der Waals surface area contributed by atoms with Crippen LogP contribution in [0.2, 0.25) is 0 Å². The third kappa shape index (κ3) is 3.20. The van der Waals surface area contributed by atoms with Gasteiger partial charge < -0.3 is 5.11 Å². The molecule has 1 N–H and O–H groups in total. The third-order valence-electron chi connectivity index (χ3n) is 7.57. The highest BCUT2D eigenvalue weighted by Gasteiger charge is 2.28. The molecule has 1 fully saturated rings. The van der Waals surface area contributed by atoms with Crippen LogP contribution in [0, 0.1) is 5.92 Å². The van der Waals surface area contributed by atoms with Gasteiger partial charge in [0.2, 0.25) is 0 Å². The smallest absolute Gasteiger partial charge is 0.0687 e. The lowest BCUT2D eigenvalue weighted by atomic mass is 9.86. The average Bonchev–Trinajstić information content (AvgIpc) is 3.58. The van der Waals surface area contributed by atoms with Crippen molar-refractivity contribution in [2.75, 3.05) is 0 Å². The van der Waals surface area contributed by atoms with Crippen molar-refractivity contribution in [3.05, 3.63) is 101 Å². The van der Waals surface area contributed by atoms with E-state index in [4.69, 9.17) is 0 Å². The topological polar surface area (TPSA) is 20.2 Å². The first-order chi connectivity index (χ1) is 15.3. The molecular weight excluding hydrogens is 376 g/mol. The van der Waals surface area contributed by atoms with E-state index in [2.05, 4.69) is 72.8 Å². The van der Waals surface area contributed by atoms with E-state index < -0.39 is 0 Å². The Morgan fingerprint density at radius 2 is 1.74 bits per heavy atom. The summed E-state index contributed by atoms with van der Waals surface area (Å²) >= 11 is 0. The maximum Gasteiger partial charge on any atom is 0.0687 e. The Hall–Kier alpha value is -2.90. The zero-order chi connectivity index (χ0) is 20.8. The van der Waals surface area contributed by atoms with Crippen LogP contribution >= 0.6 is 0 Å². The monoisotopic (exact) mass is 404 g/mol. The molecule has 0 spiro atoms. The van der Waals surface area contributed by atoms with Crippen molar-refractivity contribution in [3.8, 4) is 0 Å².